The summed E-state index contributed by atoms with van der Waals surface area (Å²) in [6.07, 6.45) is 2.30. The molecule has 4 rings (SSSR count). The molecule has 2 saturated heterocycles. The van der Waals surface area contributed by atoms with Crippen molar-refractivity contribution in [2.45, 2.75) is 31.9 Å². The van der Waals surface area contributed by atoms with Gasteiger partial charge in [0, 0.05) is 26.2 Å². The van der Waals surface area contributed by atoms with Gasteiger partial charge < -0.3 is 9.80 Å². The quantitative estimate of drug-likeness (QED) is 0.805. The zero-order chi connectivity index (χ0) is 18.3. The largest absolute Gasteiger partial charge is 0.354 e. The average molecular weight is 375 g/mol. The van der Waals surface area contributed by atoms with Crippen LogP contribution in [0.4, 0.5) is 11.6 Å². The second kappa shape index (κ2) is 6.68. The van der Waals surface area contributed by atoms with E-state index in [-0.39, 0.29) is 11.0 Å². The molecule has 0 N–H and O–H groups in total. The minimum atomic E-state index is -2.99. The molecule has 2 aliphatic heterocycles. The maximum absolute atomic E-state index is 12.1. The highest BCUT2D eigenvalue weighted by Crippen LogP contribution is 2.32. The summed E-state index contributed by atoms with van der Waals surface area (Å²) in [7, 11) is -2.99. The van der Waals surface area contributed by atoms with Crippen LogP contribution in [0.25, 0.3) is 11.0 Å². The third kappa shape index (κ3) is 3.24. The van der Waals surface area contributed by atoms with Gasteiger partial charge in [0.25, 0.3) is 0 Å². The van der Waals surface area contributed by atoms with Crippen LogP contribution in [-0.4, -0.2) is 55.6 Å². The number of para-hydroxylation sites is 2. The summed E-state index contributed by atoms with van der Waals surface area (Å²) in [5.74, 6) is 2.66. The maximum atomic E-state index is 12.1. The molecule has 1 unspecified atom stereocenters. The molecule has 0 aliphatic carbocycles. The number of fused-ring (bicyclic) bond motifs is 1. The minimum Gasteiger partial charge on any atom is -0.354 e. The molecule has 1 aromatic carbocycles. The van der Waals surface area contributed by atoms with Crippen molar-refractivity contribution in [2.75, 3.05) is 41.7 Å². The normalized spacial score (nSPS) is 24.2. The number of anilines is 2. The Morgan fingerprint density at radius 3 is 2.08 bits per heavy atom. The SMILES string of the molecule is CC1CCN(c2nc3ccccc3nc2N2CCS(=O)(=O)C(C)C2)CC1. The molecular formula is C19H26N4O2S. The number of benzene rings is 1. The van der Waals surface area contributed by atoms with Crippen molar-refractivity contribution in [1.82, 2.24) is 9.97 Å². The standard InChI is InChI=1S/C19H26N4O2S/c1-14-7-9-22(10-8-14)18-19(21-17-6-4-3-5-16(17)20-18)23-11-12-26(24,25)15(2)13-23/h3-6,14-15H,7-13H2,1-2H3. The van der Waals surface area contributed by atoms with Gasteiger partial charge in [0.1, 0.15) is 0 Å². The Labute approximate surface area is 155 Å². The van der Waals surface area contributed by atoms with Gasteiger partial charge in [-0.15, -0.1) is 0 Å². The van der Waals surface area contributed by atoms with Gasteiger partial charge in [0.05, 0.1) is 22.0 Å². The summed E-state index contributed by atoms with van der Waals surface area (Å²) < 4.78 is 24.2. The van der Waals surface area contributed by atoms with Crippen molar-refractivity contribution in [2.24, 2.45) is 5.92 Å². The van der Waals surface area contributed by atoms with Crippen molar-refractivity contribution in [3.8, 4) is 0 Å². The first-order valence-electron chi connectivity index (χ1n) is 9.42. The van der Waals surface area contributed by atoms with Crippen molar-refractivity contribution >= 4 is 32.5 Å². The lowest BCUT2D eigenvalue weighted by Crippen LogP contribution is -2.47. The monoisotopic (exact) mass is 374 g/mol. The van der Waals surface area contributed by atoms with Gasteiger partial charge in [-0.25, -0.2) is 18.4 Å². The summed E-state index contributed by atoms with van der Waals surface area (Å²) in [5, 5.41) is -0.376. The molecule has 26 heavy (non-hydrogen) atoms. The highest BCUT2D eigenvalue weighted by atomic mass is 32.2. The van der Waals surface area contributed by atoms with Crippen LogP contribution in [0.5, 0.6) is 0 Å². The van der Waals surface area contributed by atoms with Crippen LogP contribution in [0.15, 0.2) is 24.3 Å². The zero-order valence-electron chi connectivity index (χ0n) is 15.4. The number of nitrogens with zero attached hydrogens (tertiary/aromatic N) is 4. The number of rotatable bonds is 2. The van der Waals surface area contributed by atoms with Crippen LogP contribution in [0, 0.1) is 5.92 Å². The molecule has 0 radical (unpaired) electrons. The van der Waals surface area contributed by atoms with E-state index in [0.29, 0.717) is 13.1 Å². The topological polar surface area (TPSA) is 66.4 Å². The van der Waals surface area contributed by atoms with Crippen molar-refractivity contribution in [3.63, 3.8) is 0 Å². The molecular weight excluding hydrogens is 348 g/mol. The van der Waals surface area contributed by atoms with E-state index in [4.69, 9.17) is 9.97 Å². The number of hydrogen-bond donors (Lipinski definition) is 0. The van der Waals surface area contributed by atoms with E-state index in [1.807, 2.05) is 24.3 Å². The maximum Gasteiger partial charge on any atom is 0.172 e. The second-order valence-corrected chi connectivity index (χ2v) is 10.2. The highest BCUT2D eigenvalue weighted by Gasteiger charge is 2.32. The molecule has 0 amide bonds. The molecule has 3 heterocycles. The molecule has 2 aromatic rings. The molecule has 0 saturated carbocycles. The average Bonchev–Trinajstić information content (AvgIpc) is 2.64. The molecule has 2 aliphatic rings. The Kier molecular flexibility index (Phi) is 4.50. The summed E-state index contributed by atoms with van der Waals surface area (Å²) in [5.41, 5.74) is 1.75. The summed E-state index contributed by atoms with van der Waals surface area (Å²) >= 11 is 0. The third-order valence-electron chi connectivity index (χ3n) is 5.65. The Balaban J connectivity index is 1.75. The van der Waals surface area contributed by atoms with Crippen molar-refractivity contribution in [1.29, 1.82) is 0 Å². The molecule has 140 valence electrons. The fourth-order valence-corrected chi connectivity index (χ4v) is 5.06. The third-order valence-corrected chi connectivity index (χ3v) is 7.78. The molecule has 1 aromatic heterocycles. The number of aromatic nitrogens is 2. The molecule has 0 bridgehead atoms. The van der Waals surface area contributed by atoms with Gasteiger partial charge >= 0.3 is 0 Å². The van der Waals surface area contributed by atoms with Gasteiger partial charge in [-0.05, 0) is 37.8 Å². The van der Waals surface area contributed by atoms with Gasteiger partial charge in [-0.2, -0.15) is 0 Å². The number of sulfone groups is 1. The van der Waals surface area contributed by atoms with E-state index >= 15 is 0 Å². The van der Waals surface area contributed by atoms with Crippen LogP contribution in [-0.2, 0) is 9.84 Å². The molecule has 0 spiro atoms. The van der Waals surface area contributed by atoms with E-state index in [9.17, 15) is 8.42 Å². The second-order valence-electron chi connectivity index (χ2n) is 7.65. The number of hydrogen-bond acceptors (Lipinski definition) is 6. The lowest BCUT2D eigenvalue weighted by Gasteiger charge is -2.37. The summed E-state index contributed by atoms with van der Waals surface area (Å²) in [4.78, 5) is 14.3. The van der Waals surface area contributed by atoms with Crippen molar-refractivity contribution < 1.29 is 8.42 Å². The summed E-state index contributed by atoms with van der Waals surface area (Å²) in [6.45, 7) is 7.00. The van der Waals surface area contributed by atoms with Crippen LogP contribution < -0.4 is 9.80 Å². The van der Waals surface area contributed by atoms with E-state index in [1.165, 1.54) is 0 Å². The van der Waals surface area contributed by atoms with Gasteiger partial charge in [-0.3, -0.25) is 0 Å². The van der Waals surface area contributed by atoms with Crippen molar-refractivity contribution in [3.05, 3.63) is 24.3 Å². The predicted octanol–water partition coefficient (Wildman–Crippen LogP) is 2.49. The number of piperidine rings is 1. The molecule has 1 atom stereocenters. The Morgan fingerprint density at radius 2 is 1.50 bits per heavy atom. The highest BCUT2D eigenvalue weighted by molar-refractivity contribution is 7.92. The first kappa shape index (κ1) is 17.5. The van der Waals surface area contributed by atoms with Gasteiger partial charge in [0.15, 0.2) is 21.5 Å². The molecule has 2 fully saturated rings. The van der Waals surface area contributed by atoms with E-state index < -0.39 is 9.84 Å². The Morgan fingerprint density at radius 1 is 0.923 bits per heavy atom. The zero-order valence-corrected chi connectivity index (χ0v) is 16.2. The van der Waals surface area contributed by atoms with Gasteiger partial charge in [0.2, 0.25) is 0 Å². The lowest BCUT2D eigenvalue weighted by atomic mass is 9.99. The van der Waals surface area contributed by atoms with Crippen LogP contribution in [0.2, 0.25) is 0 Å². The Bertz CT molecular complexity index is 907. The molecule has 7 heteroatoms. The first-order valence-corrected chi connectivity index (χ1v) is 11.1. The fourth-order valence-electron chi connectivity index (χ4n) is 3.77. The van der Waals surface area contributed by atoms with Crippen LogP contribution in [0.3, 0.4) is 0 Å². The summed E-state index contributed by atoms with van der Waals surface area (Å²) in [6, 6.07) is 7.91. The first-order chi connectivity index (χ1) is 12.4. The van der Waals surface area contributed by atoms with E-state index in [0.717, 1.165) is 54.5 Å². The minimum absolute atomic E-state index is 0.180. The van der Waals surface area contributed by atoms with Crippen LogP contribution >= 0.6 is 0 Å². The van der Waals surface area contributed by atoms with E-state index in [2.05, 4.69) is 16.7 Å². The smallest absolute Gasteiger partial charge is 0.172 e. The fraction of sp³-hybridized carbons (Fsp3) is 0.579. The van der Waals surface area contributed by atoms with Gasteiger partial charge in [-0.1, -0.05) is 19.1 Å². The van der Waals surface area contributed by atoms with Crippen LogP contribution in [0.1, 0.15) is 26.7 Å². The predicted molar refractivity (Wildman–Crippen MR) is 106 cm³/mol. The lowest BCUT2D eigenvalue weighted by molar-refractivity contribution is 0.436. The Hall–Kier alpha value is -1.89. The molecule has 6 nitrogen and oxygen atoms in total. The van der Waals surface area contributed by atoms with E-state index in [1.54, 1.807) is 6.92 Å².